The summed E-state index contributed by atoms with van der Waals surface area (Å²) in [6.45, 7) is 2.51. The minimum atomic E-state index is -0.418. The average Bonchev–Trinajstić information content (AvgIpc) is 2.93. The topological polar surface area (TPSA) is 64.2 Å². The zero-order chi connectivity index (χ0) is 14.7. The molecule has 5 heteroatoms. The van der Waals surface area contributed by atoms with Crippen LogP contribution in [0.5, 0.6) is 11.5 Å². The summed E-state index contributed by atoms with van der Waals surface area (Å²) >= 11 is 0. The smallest absolute Gasteiger partial charge is 0.345 e. The third-order valence-corrected chi connectivity index (χ3v) is 3.02. The number of hydrogen-bond donors (Lipinski definition) is 1. The lowest BCUT2D eigenvalue weighted by Gasteiger charge is -2.05. The van der Waals surface area contributed by atoms with Crippen LogP contribution >= 0.6 is 0 Å². The molecule has 0 saturated carbocycles. The minimum Gasteiger partial charge on any atom is -0.494 e. The van der Waals surface area contributed by atoms with Gasteiger partial charge in [-0.15, -0.1) is 0 Å². The highest BCUT2D eigenvalue weighted by molar-refractivity contribution is 6.03. The van der Waals surface area contributed by atoms with Crippen LogP contribution in [-0.4, -0.2) is 22.5 Å². The number of benzene rings is 1. The highest BCUT2D eigenvalue weighted by Gasteiger charge is 2.14. The molecule has 0 amide bonds. The number of esters is 1. The number of hydrogen-bond acceptors (Lipinski definition) is 4. The summed E-state index contributed by atoms with van der Waals surface area (Å²) in [5.41, 5.74) is 1.13. The molecule has 1 N–H and O–H groups in total. The molecule has 0 atom stereocenters. The molecule has 3 rings (SSSR count). The van der Waals surface area contributed by atoms with E-state index < -0.39 is 5.97 Å². The van der Waals surface area contributed by atoms with E-state index in [-0.39, 0.29) is 0 Å². The lowest BCUT2D eigenvalue weighted by atomic mass is 10.2. The van der Waals surface area contributed by atoms with Gasteiger partial charge >= 0.3 is 5.97 Å². The van der Waals surface area contributed by atoms with Crippen LogP contribution < -0.4 is 9.47 Å². The van der Waals surface area contributed by atoms with Crippen molar-refractivity contribution in [2.24, 2.45) is 0 Å². The Hall–Kier alpha value is -2.82. The second kappa shape index (κ2) is 5.66. The summed E-state index contributed by atoms with van der Waals surface area (Å²) < 4.78 is 10.7. The number of H-pyrrole nitrogens is 1. The van der Waals surface area contributed by atoms with E-state index in [2.05, 4.69) is 9.97 Å². The van der Waals surface area contributed by atoms with Crippen LogP contribution in [0, 0.1) is 0 Å². The number of nitrogens with one attached hydrogen (secondary N) is 1. The summed E-state index contributed by atoms with van der Waals surface area (Å²) in [7, 11) is 0. The number of pyridine rings is 1. The van der Waals surface area contributed by atoms with Crippen LogP contribution in [0.25, 0.3) is 11.0 Å². The third kappa shape index (κ3) is 2.72. The highest BCUT2D eigenvalue weighted by atomic mass is 16.5. The van der Waals surface area contributed by atoms with Crippen molar-refractivity contribution in [2.75, 3.05) is 6.61 Å². The maximum absolute atomic E-state index is 12.2. The number of nitrogens with zero attached hydrogens (tertiary/aromatic N) is 1. The largest absolute Gasteiger partial charge is 0.494 e. The van der Waals surface area contributed by atoms with Gasteiger partial charge in [0.25, 0.3) is 0 Å². The van der Waals surface area contributed by atoms with Gasteiger partial charge in [0.05, 0.1) is 12.2 Å². The number of fused-ring (bicyclic) bond motifs is 1. The number of aromatic nitrogens is 2. The van der Waals surface area contributed by atoms with E-state index >= 15 is 0 Å². The average molecular weight is 282 g/mol. The SMILES string of the molecule is CCOc1ccc(OC(=O)c2c[nH]c3ncccc23)cc1. The molecule has 2 heterocycles. The van der Waals surface area contributed by atoms with Gasteiger partial charge in [-0.25, -0.2) is 9.78 Å². The van der Waals surface area contributed by atoms with Gasteiger partial charge in [-0.1, -0.05) is 0 Å². The van der Waals surface area contributed by atoms with Crippen molar-refractivity contribution in [2.45, 2.75) is 6.92 Å². The molecule has 21 heavy (non-hydrogen) atoms. The van der Waals surface area contributed by atoms with Crippen molar-refractivity contribution in [3.63, 3.8) is 0 Å². The van der Waals surface area contributed by atoms with Gasteiger partial charge in [0, 0.05) is 17.8 Å². The lowest BCUT2D eigenvalue weighted by molar-refractivity contribution is 0.0736. The summed E-state index contributed by atoms with van der Waals surface area (Å²) in [5.74, 6) is 0.800. The molecule has 0 aliphatic rings. The predicted octanol–water partition coefficient (Wildman–Crippen LogP) is 3.18. The molecule has 1 aromatic carbocycles. The first-order chi connectivity index (χ1) is 10.3. The standard InChI is InChI=1S/C16H14N2O3/c1-2-20-11-5-7-12(8-6-11)21-16(19)14-10-18-15-13(14)4-3-9-17-15/h3-10H,2H2,1H3,(H,17,18). The molecule has 106 valence electrons. The van der Waals surface area contributed by atoms with Crippen molar-refractivity contribution in [3.05, 3.63) is 54.4 Å². The molecule has 5 nitrogen and oxygen atoms in total. The summed E-state index contributed by atoms with van der Waals surface area (Å²) in [4.78, 5) is 19.3. The number of carbonyl (C=O) groups excluding carboxylic acids is 1. The number of rotatable bonds is 4. The van der Waals surface area contributed by atoms with E-state index in [1.54, 1.807) is 42.7 Å². The molecule has 0 aliphatic carbocycles. The van der Waals surface area contributed by atoms with Crippen molar-refractivity contribution < 1.29 is 14.3 Å². The molecule has 0 aliphatic heterocycles. The molecule has 3 aromatic rings. The Balaban J connectivity index is 1.79. The van der Waals surface area contributed by atoms with Crippen LogP contribution in [-0.2, 0) is 0 Å². The van der Waals surface area contributed by atoms with Crippen molar-refractivity contribution >= 4 is 17.0 Å². The van der Waals surface area contributed by atoms with E-state index in [9.17, 15) is 4.79 Å². The molecule has 2 aromatic heterocycles. The Morgan fingerprint density at radius 3 is 2.71 bits per heavy atom. The Labute approximate surface area is 121 Å². The minimum absolute atomic E-state index is 0.418. The first-order valence-corrected chi connectivity index (χ1v) is 6.65. The molecule has 0 radical (unpaired) electrons. The second-order valence-corrected chi connectivity index (χ2v) is 4.40. The van der Waals surface area contributed by atoms with Crippen molar-refractivity contribution in [1.29, 1.82) is 0 Å². The zero-order valence-corrected chi connectivity index (χ0v) is 11.5. The van der Waals surface area contributed by atoms with Gasteiger partial charge in [0.1, 0.15) is 17.1 Å². The molecule has 0 spiro atoms. The van der Waals surface area contributed by atoms with Crippen LogP contribution in [0.15, 0.2) is 48.8 Å². The summed E-state index contributed by atoms with van der Waals surface area (Å²) in [5, 5.41) is 0.744. The number of ether oxygens (including phenoxy) is 2. The number of carbonyl (C=O) groups is 1. The molecule has 0 unspecified atom stereocenters. The number of aromatic amines is 1. The van der Waals surface area contributed by atoms with E-state index in [0.717, 1.165) is 11.1 Å². The maximum atomic E-state index is 12.2. The Morgan fingerprint density at radius 1 is 1.19 bits per heavy atom. The predicted molar refractivity (Wildman–Crippen MR) is 78.7 cm³/mol. The van der Waals surface area contributed by atoms with Crippen LogP contribution in [0.3, 0.4) is 0 Å². The van der Waals surface area contributed by atoms with Crippen LogP contribution in [0.1, 0.15) is 17.3 Å². The fourth-order valence-electron chi connectivity index (χ4n) is 2.06. The molecule has 0 fully saturated rings. The zero-order valence-electron chi connectivity index (χ0n) is 11.5. The van der Waals surface area contributed by atoms with Gasteiger partial charge in [0.15, 0.2) is 0 Å². The van der Waals surface area contributed by atoms with Gasteiger partial charge in [-0.2, -0.15) is 0 Å². The van der Waals surface area contributed by atoms with E-state index in [1.165, 1.54) is 0 Å². The first kappa shape index (κ1) is 13.2. The van der Waals surface area contributed by atoms with Crippen LogP contribution in [0.2, 0.25) is 0 Å². The Kier molecular flexibility index (Phi) is 3.55. The Morgan fingerprint density at radius 2 is 1.95 bits per heavy atom. The van der Waals surface area contributed by atoms with E-state index in [4.69, 9.17) is 9.47 Å². The van der Waals surface area contributed by atoms with Gasteiger partial charge < -0.3 is 14.5 Å². The quantitative estimate of drug-likeness (QED) is 0.589. The molecule has 0 bridgehead atoms. The fraction of sp³-hybridized carbons (Fsp3) is 0.125. The Bertz CT molecular complexity index is 763. The molecular weight excluding hydrogens is 268 g/mol. The monoisotopic (exact) mass is 282 g/mol. The van der Waals surface area contributed by atoms with E-state index in [0.29, 0.717) is 23.6 Å². The van der Waals surface area contributed by atoms with Crippen molar-refractivity contribution in [1.82, 2.24) is 9.97 Å². The highest BCUT2D eigenvalue weighted by Crippen LogP contribution is 2.21. The van der Waals surface area contributed by atoms with Crippen molar-refractivity contribution in [3.8, 4) is 11.5 Å². The lowest BCUT2D eigenvalue weighted by Crippen LogP contribution is -2.07. The van der Waals surface area contributed by atoms with E-state index in [1.807, 2.05) is 13.0 Å². The van der Waals surface area contributed by atoms with Gasteiger partial charge in [-0.3, -0.25) is 0 Å². The van der Waals surface area contributed by atoms with Gasteiger partial charge in [0.2, 0.25) is 0 Å². The fourth-order valence-corrected chi connectivity index (χ4v) is 2.06. The molecular formula is C16H14N2O3. The normalized spacial score (nSPS) is 10.5. The summed E-state index contributed by atoms with van der Waals surface area (Å²) in [6, 6.07) is 10.6. The van der Waals surface area contributed by atoms with Crippen LogP contribution in [0.4, 0.5) is 0 Å². The third-order valence-electron chi connectivity index (χ3n) is 3.02. The molecule has 0 saturated heterocycles. The second-order valence-electron chi connectivity index (χ2n) is 4.40. The van der Waals surface area contributed by atoms with Gasteiger partial charge in [-0.05, 0) is 43.3 Å². The maximum Gasteiger partial charge on any atom is 0.345 e. The first-order valence-electron chi connectivity index (χ1n) is 6.65. The summed E-state index contributed by atoms with van der Waals surface area (Å²) in [6.07, 6.45) is 3.27.